The van der Waals surface area contributed by atoms with Crippen LogP contribution in [0.15, 0.2) is 12.1 Å². The van der Waals surface area contributed by atoms with Crippen LogP contribution in [0.4, 0.5) is 0 Å². The van der Waals surface area contributed by atoms with Crippen LogP contribution in [0.3, 0.4) is 0 Å². The van der Waals surface area contributed by atoms with Crippen molar-refractivity contribution in [2.45, 2.75) is 52.3 Å². The lowest BCUT2D eigenvalue weighted by atomic mass is 10.00. The molecule has 2 atom stereocenters. The van der Waals surface area contributed by atoms with Gasteiger partial charge in [0.05, 0.1) is 5.60 Å². The first kappa shape index (κ1) is 12.7. The van der Waals surface area contributed by atoms with Gasteiger partial charge in [-0.25, -0.2) is 0 Å². The monoisotopic (exact) mass is 227 g/mol. The predicted octanol–water partition coefficient (Wildman–Crippen LogP) is 2.87. The lowest BCUT2D eigenvalue weighted by Gasteiger charge is -2.29. The lowest BCUT2D eigenvalue weighted by molar-refractivity contribution is 0.0407. The van der Waals surface area contributed by atoms with Gasteiger partial charge in [-0.3, -0.25) is 0 Å². The number of hydrogen-bond acceptors (Lipinski definition) is 3. The zero-order valence-corrected chi connectivity index (χ0v) is 11.0. The van der Waals surface area contributed by atoms with E-state index in [-0.39, 0.29) is 6.04 Å². The summed E-state index contributed by atoms with van der Waals surface area (Å²) >= 11 is 1.80. The molecule has 15 heavy (non-hydrogen) atoms. The van der Waals surface area contributed by atoms with Crippen molar-refractivity contribution in [2.75, 3.05) is 0 Å². The molecule has 0 aliphatic heterocycles. The summed E-state index contributed by atoms with van der Waals surface area (Å²) in [4.78, 5) is 2.65. The van der Waals surface area contributed by atoms with E-state index in [0.29, 0.717) is 6.04 Å². The highest BCUT2D eigenvalue weighted by atomic mass is 32.1. The molecule has 0 bridgehead atoms. The van der Waals surface area contributed by atoms with Crippen LogP contribution >= 0.6 is 11.3 Å². The van der Waals surface area contributed by atoms with E-state index < -0.39 is 5.60 Å². The van der Waals surface area contributed by atoms with Crippen molar-refractivity contribution in [3.63, 3.8) is 0 Å². The van der Waals surface area contributed by atoms with E-state index in [9.17, 15) is 5.11 Å². The summed E-state index contributed by atoms with van der Waals surface area (Å²) < 4.78 is 0. The molecule has 0 aliphatic carbocycles. The van der Waals surface area contributed by atoms with Crippen molar-refractivity contribution in [1.82, 2.24) is 5.32 Å². The summed E-state index contributed by atoms with van der Waals surface area (Å²) in [6.07, 6.45) is 0. The smallest absolute Gasteiger partial charge is 0.0741 e. The Morgan fingerprint density at radius 3 is 2.33 bits per heavy atom. The lowest BCUT2D eigenvalue weighted by Crippen LogP contribution is -2.45. The molecule has 3 heteroatoms. The van der Waals surface area contributed by atoms with Crippen molar-refractivity contribution in [3.8, 4) is 0 Å². The van der Waals surface area contributed by atoms with Crippen LogP contribution in [0.2, 0.25) is 0 Å². The third-order valence-corrected chi connectivity index (χ3v) is 3.93. The molecule has 2 unspecified atom stereocenters. The fraction of sp³-hybridized carbons (Fsp3) is 0.667. The van der Waals surface area contributed by atoms with Crippen LogP contribution in [-0.2, 0) is 0 Å². The molecule has 1 heterocycles. The molecule has 2 nitrogen and oxygen atoms in total. The minimum atomic E-state index is -0.680. The van der Waals surface area contributed by atoms with E-state index >= 15 is 0 Å². The molecule has 0 aliphatic rings. The van der Waals surface area contributed by atoms with Crippen LogP contribution < -0.4 is 5.32 Å². The number of aryl methyl sites for hydroxylation is 1. The maximum absolute atomic E-state index is 9.83. The highest BCUT2D eigenvalue weighted by Crippen LogP contribution is 2.23. The zero-order valence-electron chi connectivity index (χ0n) is 10.2. The van der Waals surface area contributed by atoms with Crippen molar-refractivity contribution < 1.29 is 5.11 Å². The molecule has 0 spiro atoms. The van der Waals surface area contributed by atoms with E-state index in [1.165, 1.54) is 9.75 Å². The largest absolute Gasteiger partial charge is 0.389 e. The highest BCUT2D eigenvalue weighted by molar-refractivity contribution is 7.12. The standard InChI is InChI=1S/C12H21NOS/c1-8-6-7-11(15-8)9(2)13-10(3)12(4,5)14/h6-7,9-10,13-14H,1-5H3. The minimum absolute atomic E-state index is 0.0786. The van der Waals surface area contributed by atoms with Gasteiger partial charge in [-0.15, -0.1) is 11.3 Å². The zero-order chi connectivity index (χ0) is 11.6. The molecule has 0 fully saturated rings. The van der Waals surface area contributed by atoms with E-state index in [0.717, 1.165) is 0 Å². The number of rotatable bonds is 4. The van der Waals surface area contributed by atoms with Gasteiger partial charge in [0.1, 0.15) is 0 Å². The molecule has 0 aromatic carbocycles. The number of hydrogen-bond donors (Lipinski definition) is 2. The molecule has 2 N–H and O–H groups in total. The van der Waals surface area contributed by atoms with Gasteiger partial charge in [-0.05, 0) is 46.8 Å². The molecular weight excluding hydrogens is 206 g/mol. The Balaban J connectivity index is 2.60. The first-order valence-corrected chi connectivity index (χ1v) is 6.17. The fourth-order valence-corrected chi connectivity index (χ4v) is 2.24. The minimum Gasteiger partial charge on any atom is -0.389 e. The Bertz CT molecular complexity index is 314. The summed E-state index contributed by atoms with van der Waals surface area (Å²) in [5, 5.41) is 13.2. The molecule has 1 aromatic rings. The van der Waals surface area contributed by atoms with Crippen LogP contribution in [0.5, 0.6) is 0 Å². The number of aliphatic hydroxyl groups is 1. The molecular formula is C12H21NOS. The average molecular weight is 227 g/mol. The van der Waals surface area contributed by atoms with E-state index in [2.05, 4.69) is 31.3 Å². The van der Waals surface area contributed by atoms with Crippen LogP contribution in [0, 0.1) is 6.92 Å². The van der Waals surface area contributed by atoms with Gasteiger partial charge in [-0.2, -0.15) is 0 Å². The first-order chi connectivity index (χ1) is 6.80. The van der Waals surface area contributed by atoms with Crippen molar-refractivity contribution in [3.05, 3.63) is 21.9 Å². The molecule has 0 amide bonds. The Hall–Kier alpha value is -0.380. The van der Waals surface area contributed by atoms with Gasteiger partial charge in [-0.1, -0.05) is 0 Å². The number of nitrogens with one attached hydrogen (secondary N) is 1. The Morgan fingerprint density at radius 2 is 1.93 bits per heavy atom. The van der Waals surface area contributed by atoms with E-state index in [4.69, 9.17) is 0 Å². The third kappa shape index (κ3) is 3.59. The third-order valence-electron chi connectivity index (χ3n) is 2.75. The van der Waals surface area contributed by atoms with Gasteiger partial charge in [0, 0.05) is 21.8 Å². The maximum atomic E-state index is 9.83. The second-order valence-electron chi connectivity index (χ2n) is 4.71. The van der Waals surface area contributed by atoms with E-state index in [1.807, 2.05) is 20.8 Å². The second-order valence-corrected chi connectivity index (χ2v) is 6.03. The molecule has 1 rings (SSSR count). The topological polar surface area (TPSA) is 32.3 Å². The molecule has 0 saturated carbocycles. The summed E-state index contributed by atoms with van der Waals surface area (Å²) in [6, 6.07) is 4.65. The molecule has 1 aromatic heterocycles. The molecule has 86 valence electrons. The SMILES string of the molecule is Cc1ccc(C(C)NC(C)C(C)(C)O)s1. The average Bonchev–Trinajstić information content (AvgIpc) is 2.50. The van der Waals surface area contributed by atoms with Crippen molar-refractivity contribution >= 4 is 11.3 Å². The van der Waals surface area contributed by atoms with Crippen LogP contribution in [0.1, 0.15) is 43.5 Å². The van der Waals surface area contributed by atoms with Crippen molar-refractivity contribution in [1.29, 1.82) is 0 Å². The van der Waals surface area contributed by atoms with Gasteiger partial charge >= 0.3 is 0 Å². The van der Waals surface area contributed by atoms with Crippen LogP contribution in [-0.4, -0.2) is 16.7 Å². The summed E-state index contributed by atoms with van der Waals surface area (Å²) in [5.74, 6) is 0. The summed E-state index contributed by atoms with van der Waals surface area (Å²) in [5.41, 5.74) is -0.680. The van der Waals surface area contributed by atoms with E-state index in [1.54, 1.807) is 11.3 Å². The predicted molar refractivity (Wildman–Crippen MR) is 66.4 cm³/mol. The Kier molecular flexibility index (Phi) is 3.93. The quantitative estimate of drug-likeness (QED) is 0.829. The van der Waals surface area contributed by atoms with Gasteiger partial charge in [0.15, 0.2) is 0 Å². The Morgan fingerprint density at radius 1 is 1.33 bits per heavy atom. The molecule has 0 radical (unpaired) electrons. The fourth-order valence-electron chi connectivity index (χ4n) is 1.35. The Labute approximate surface area is 96.3 Å². The summed E-state index contributed by atoms with van der Waals surface area (Å²) in [7, 11) is 0. The first-order valence-electron chi connectivity index (χ1n) is 5.35. The van der Waals surface area contributed by atoms with Crippen molar-refractivity contribution in [2.24, 2.45) is 0 Å². The summed E-state index contributed by atoms with van der Waals surface area (Å²) in [6.45, 7) is 9.92. The van der Waals surface area contributed by atoms with Gasteiger partial charge in [0.2, 0.25) is 0 Å². The number of thiophene rings is 1. The highest BCUT2D eigenvalue weighted by Gasteiger charge is 2.24. The van der Waals surface area contributed by atoms with Gasteiger partial charge in [0.25, 0.3) is 0 Å². The maximum Gasteiger partial charge on any atom is 0.0741 e. The van der Waals surface area contributed by atoms with Crippen LogP contribution in [0.25, 0.3) is 0 Å². The normalized spacial score (nSPS) is 16.4. The van der Waals surface area contributed by atoms with Gasteiger partial charge < -0.3 is 10.4 Å². The molecule has 0 saturated heterocycles. The second kappa shape index (κ2) is 4.64.